The topological polar surface area (TPSA) is 71.4 Å². The van der Waals surface area contributed by atoms with Crippen LogP contribution in [0.15, 0.2) is 17.0 Å². The maximum Gasteiger partial charge on any atom is 0.314 e. The Labute approximate surface area is 102 Å². The second kappa shape index (κ2) is 3.74. The normalized spacial score (nSPS) is 17.5. The van der Waals surface area contributed by atoms with Crippen molar-refractivity contribution in [2.24, 2.45) is 0 Å². The first kappa shape index (κ1) is 12.9. The van der Waals surface area contributed by atoms with Crippen LogP contribution in [0.5, 0.6) is 0 Å². The number of hydrogen-bond donors (Lipinski definition) is 1. The third-order valence-corrected chi connectivity index (χ3v) is 4.20. The molecule has 1 fully saturated rings. The van der Waals surface area contributed by atoms with E-state index >= 15 is 0 Å². The first-order chi connectivity index (χ1) is 8.18. The van der Waals surface area contributed by atoms with Gasteiger partial charge in [0, 0.05) is 11.8 Å². The van der Waals surface area contributed by atoms with E-state index in [-0.39, 0.29) is 12.8 Å². The SMILES string of the molecule is CS(=O)(=O)c1cc(F)c(F)c(C2(C(=O)O)CC2)c1. The molecule has 1 saturated carbocycles. The Morgan fingerprint density at radius 2 is 1.89 bits per heavy atom. The van der Waals surface area contributed by atoms with Gasteiger partial charge in [0.25, 0.3) is 0 Å². The van der Waals surface area contributed by atoms with E-state index in [2.05, 4.69) is 0 Å². The molecule has 1 aliphatic carbocycles. The molecule has 1 aromatic carbocycles. The Balaban J connectivity index is 2.69. The third-order valence-electron chi connectivity index (χ3n) is 3.10. The smallest absolute Gasteiger partial charge is 0.314 e. The molecule has 7 heteroatoms. The number of carboxylic acid groups (broad SMARTS) is 1. The van der Waals surface area contributed by atoms with E-state index in [1.807, 2.05) is 0 Å². The molecular weight excluding hydrogens is 266 g/mol. The Morgan fingerprint density at radius 3 is 2.28 bits per heavy atom. The first-order valence-electron chi connectivity index (χ1n) is 5.11. The Bertz CT molecular complexity index is 633. The molecule has 2 rings (SSSR count). The first-order valence-corrected chi connectivity index (χ1v) is 7.00. The van der Waals surface area contributed by atoms with Crippen LogP contribution in [0, 0.1) is 11.6 Å². The van der Waals surface area contributed by atoms with Gasteiger partial charge in [-0.05, 0) is 25.0 Å². The van der Waals surface area contributed by atoms with Gasteiger partial charge in [0.1, 0.15) is 0 Å². The number of carbonyl (C=O) groups is 1. The zero-order valence-corrected chi connectivity index (χ0v) is 10.2. The quantitative estimate of drug-likeness (QED) is 0.849. The van der Waals surface area contributed by atoms with Gasteiger partial charge in [-0.1, -0.05) is 0 Å². The molecule has 0 spiro atoms. The molecule has 18 heavy (non-hydrogen) atoms. The van der Waals surface area contributed by atoms with Crippen LogP contribution in [0.2, 0.25) is 0 Å². The fourth-order valence-electron chi connectivity index (χ4n) is 1.85. The molecular formula is C11H10F2O4S. The molecule has 1 aliphatic rings. The van der Waals surface area contributed by atoms with Crippen LogP contribution in [0.25, 0.3) is 0 Å². The van der Waals surface area contributed by atoms with Gasteiger partial charge in [0.15, 0.2) is 21.5 Å². The van der Waals surface area contributed by atoms with Crippen LogP contribution in [0.3, 0.4) is 0 Å². The lowest BCUT2D eigenvalue weighted by atomic mass is 9.95. The van der Waals surface area contributed by atoms with Gasteiger partial charge < -0.3 is 5.11 Å². The van der Waals surface area contributed by atoms with E-state index in [1.54, 1.807) is 0 Å². The fraction of sp³-hybridized carbons (Fsp3) is 0.364. The van der Waals surface area contributed by atoms with Crippen molar-refractivity contribution >= 4 is 15.8 Å². The molecule has 0 aromatic heterocycles. The van der Waals surface area contributed by atoms with E-state index in [4.69, 9.17) is 5.11 Å². The number of rotatable bonds is 3. The summed E-state index contributed by atoms with van der Waals surface area (Å²) in [5.41, 5.74) is -1.87. The summed E-state index contributed by atoms with van der Waals surface area (Å²) in [6.07, 6.45) is 1.20. The zero-order chi connectivity index (χ0) is 13.7. The molecule has 0 bridgehead atoms. The van der Waals surface area contributed by atoms with Crippen molar-refractivity contribution in [3.05, 3.63) is 29.3 Å². The van der Waals surface area contributed by atoms with Gasteiger partial charge in [0.05, 0.1) is 10.3 Å². The highest BCUT2D eigenvalue weighted by atomic mass is 32.2. The highest BCUT2D eigenvalue weighted by molar-refractivity contribution is 7.90. The van der Waals surface area contributed by atoms with Crippen LogP contribution in [0.4, 0.5) is 8.78 Å². The largest absolute Gasteiger partial charge is 0.481 e. The van der Waals surface area contributed by atoms with Crippen molar-refractivity contribution in [1.29, 1.82) is 0 Å². The minimum absolute atomic E-state index is 0.173. The number of hydrogen-bond acceptors (Lipinski definition) is 3. The molecule has 0 unspecified atom stereocenters. The lowest BCUT2D eigenvalue weighted by molar-refractivity contribution is -0.140. The lowest BCUT2D eigenvalue weighted by Crippen LogP contribution is -2.22. The summed E-state index contributed by atoms with van der Waals surface area (Å²) in [5.74, 6) is -3.91. The number of benzene rings is 1. The zero-order valence-electron chi connectivity index (χ0n) is 9.41. The highest BCUT2D eigenvalue weighted by Gasteiger charge is 2.54. The maximum absolute atomic E-state index is 13.6. The Morgan fingerprint density at radius 1 is 1.33 bits per heavy atom. The molecule has 0 saturated heterocycles. The molecule has 1 N–H and O–H groups in total. The summed E-state index contributed by atoms with van der Waals surface area (Å²) in [6, 6.07) is 1.47. The van der Waals surface area contributed by atoms with Crippen molar-refractivity contribution in [2.45, 2.75) is 23.2 Å². The standard InChI is InChI=1S/C11H10F2O4S/c1-18(16,17)6-4-7(9(13)8(12)5-6)11(2-3-11)10(14)15/h4-5H,2-3H2,1H3,(H,14,15). The van der Waals surface area contributed by atoms with Crippen molar-refractivity contribution in [1.82, 2.24) is 0 Å². The minimum Gasteiger partial charge on any atom is -0.481 e. The molecule has 0 radical (unpaired) electrons. The van der Waals surface area contributed by atoms with Gasteiger partial charge in [-0.15, -0.1) is 0 Å². The van der Waals surface area contributed by atoms with Crippen LogP contribution >= 0.6 is 0 Å². The average Bonchev–Trinajstić information content (AvgIpc) is 3.01. The minimum atomic E-state index is -3.72. The summed E-state index contributed by atoms with van der Waals surface area (Å²) in [6.45, 7) is 0. The van der Waals surface area contributed by atoms with Gasteiger partial charge in [0.2, 0.25) is 0 Å². The summed E-state index contributed by atoms with van der Waals surface area (Å²) < 4.78 is 49.7. The van der Waals surface area contributed by atoms with Crippen LogP contribution in [-0.4, -0.2) is 25.7 Å². The summed E-state index contributed by atoms with van der Waals surface area (Å²) in [5, 5.41) is 9.03. The van der Waals surface area contributed by atoms with E-state index in [0.29, 0.717) is 6.07 Å². The second-order valence-corrected chi connectivity index (χ2v) is 6.44. The van der Waals surface area contributed by atoms with E-state index in [0.717, 1.165) is 12.3 Å². The van der Waals surface area contributed by atoms with Gasteiger partial charge in [-0.25, -0.2) is 17.2 Å². The summed E-state index contributed by atoms with van der Waals surface area (Å²) in [7, 11) is -3.72. The van der Waals surface area contributed by atoms with Crippen LogP contribution in [0.1, 0.15) is 18.4 Å². The summed E-state index contributed by atoms with van der Waals surface area (Å²) >= 11 is 0. The van der Waals surface area contributed by atoms with Gasteiger partial charge in [-0.2, -0.15) is 0 Å². The maximum atomic E-state index is 13.6. The number of sulfone groups is 1. The third kappa shape index (κ3) is 1.88. The van der Waals surface area contributed by atoms with Crippen LogP contribution in [-0.2, 0) is 20.0 Å². The van der Waals surface area contributed by atoms with E-state index in [1.165, 1.54) is 0 Å². The predicted molar refractivity (Wildman–Crippen MR) is 58.0 cm³/mol. The average molecular weight is 276 g/mol. The number of halogens is 2. The molecule has 0 heterocycles. The van der Waals surface area contributed by atoms with Crippen LogP contribution < -0.4 is 0 Å². The van der Waals surface area contributed by atoms with Crippen molar-refractivity contribution in [3.63, 3.8) is 0 Å². The molecule has 98 valence electrons. The number of aliphatic carboxylic acids is 1. The number of carboxylic acids is 1. The van der Waals surface area contributed by atoms with Gasteiger partial charge in [-0.3, -0.25) is 4.79 Å². The van der Waals surface area contributed by atoms with Crippen molar-refractivity contribution < 1.29 is 27.1 Å². The summed E-state index contributed by atoms with van der Waals surface area (Å²) in [4.78, 5) is 10.7. The molecule has 0 amide bonds. The Hall–Kier alpha value is -1.50. The monoisotopic (exact) mass is 276 g/mol. The molecule has 0 aliphatic heterocycles. The lowest BCUT2D eigenvalue weighted by Gasteiger charge is -2.13. The predicted octanol–water partition coefficient (Wildman–Crippen LogP) is 1.48. The van der Waals surface area contributed by atoms with E-state index in [9.17, 15) is 22.0 Å². The molecule has 1 aromatic rings. The highest BCUT2D eigenvalue weighted by Crippen LogP contribution is 2.50. The van der Waals surface area contributed by atoms with Crippen molar-refractivity contribution in [2.75, 3.05) is 6.26 Å². The molecule has 4 nitrogen and oxygen atoms in total. The second-order valence-electron chi connectivity index (χ2n) is 4.43. The Kier molecular flexibility index (Phi) is 2.69. The fourth-order valence-corrected chi connectivity index (χ4v) is 2.50. The molecule has 0 atom stereocenters. The van der Waals surface area contributed by atoms with Gasteiger partial charge >= 0.3 is 5.97 Å². The van der Waals surface area contributed by atoms with Crippen molar-refractivity contribution in [3.8, 4) is 0 Å². The van der Waals surface area contributed by atoms with E-state index < -0.39 is 43.3 Å².